The summed E-state index contributed by atoms with van der Waals surface area (Å²) in [5.41, 5.74) is 6.06. The van der Waals surface area contributed by atoms with E-state index >= 15 is 0 Å². The van der Waals surface area contributed by atoms with Crippen molar-refractivity contribution in [3.63, 3.8) is 0 Å². The van der Waals surface area contributed by atoms with Crippen LogP contribution in [0.4, 0.5) is 5.69 Å². The van der Waals surface area contributed by atoms with Gasteiger partial charge in [-0.3, -0.25) is 4.98 Å². The van der Waals surface area contributed by atoms with Gasteiger partial charge in [0, 0.05) is 17.4 Å². The number of aromatic nitrogens is 1. The summed E-state index contributed by atoms with van der Waals surface area (Å²) < 4.78 is 6.30. The summed E-state index contributed by atoms with van der Waals surface area (Å²) in [6.07, 6.45) is 6.80. The Balaban J connectivity index is 1.80. The number of nitrogens with zero attached hydrogens (tertiary/aromatic N) is 2. The van der Waals surface area contributed by atoms with E-state index in [1.807, 2.05) is 18.3 Å². The minimum Gasteiger partial charge on any atom is -0.457 e. The second-order valence-electron chi connectivity index (χ2n) is 7.26. The molecular formula is C21H22N2O. The first kappa shape index (κ1) is 14.1. The van der Waals surface area contributed by atoms with Crippen molar-refractivity contribution < 1.29 is 4.42 Å². The van der Waals surface area contributed by atoms with E-state index in [1.165, 1.54) is 42.5 Å². The van der Waals surface area contributed by atoms with Crippen molar-refractivity contribution in [2.75, 3.05) is 4.90 Å². The maximum Gasteiger partial charge on any atom is 0.153 e. The van der Waals surface area contributed by atoms with Gasteiger partial charge >= 0.3 is 0 Å². The molecule has 0 amide bonds. The van der Waals surface area contributed by atoms with Crippen LogP contribution in [0.15, 0.2) is 47.0 Å². The van der Waals surface area contributed by atoms with E-state index in [0.717, 1.165) is 16.9 Å². The molecule has 24 heavy (non-hydrogen) atoms. The van der Waals surface area contributed by atoms with Gasteiger partial charge in [-0.15, -0.1) is 0 Å². The molecule has 122 valence electrons. The van der Waals surface area contributed by atoms with Crippen LogP contribution in [0.3, 0.4) is 0 Å². The van der Waals surface area contributed by atoms with Crippen LogP contribution in [-0.4, -0.2) is 4.98 Å². The summed E-state index contributed by atoms with van der Waals surface area (Å²) >= 11 is 0. The van der Waals surface area contributed by atoms with Crippen molar-refractivity contribution in [3.8, 4) is 0 Å². The Kier molecular flexibility index (Phi) is 2.85. The molecule has 2 aliphatic rings. The molecular weight excluding hydrogens is 296 g/mol. The second-order valence-corrected chi connectivity index (χ2v) is 7.26. The Morgan fingerprint density at radius 2 is 1.92 bits per heavy atom. The molecule has 2 aromatic heterocycles. The number of hydrogen-bond acceptors (Lipinski definition) is 3. The molecule has 1 atom stereocenters. The number of aryl methyl sites for hydroxylation is 1. The predicted molar refractivity (Wildman–Crippen MR) is 96.2 cm³/mol. The minimum absolute atomic E-state index is 0.0421. The van der Waals surface area contributed by atoms with Crippen molar-refractivity contribution in [3.05, 3.63) is 59.5 Å². The van der Waals surface area contributed by atoms with Gasteiger partial charge in [0.05, 0.1) is 11.6 Å². The molecule has 3 heteroatoms. The predicted octanol–water partition coefficient (Wildman–Crippen LogP) is 5.49. The Morgan fingerprint density at radius 3 is 2.71 bits per heavy atom. The summed E-state index contributed by atoms with van der Waals surface area (Å²) in [6.45, 7) is 4.49. The molecule has 3 heterocycles. The molecule has 0 N–H and O–H groups in total. The first-order chi connectivity index (χ1) is 11.7. The highest BCUT2D eigenvalue weighted by molar-refractivity contribution is 5.83. The van der Waals surface area contributed by atoms with Crippen molar-refractivity contribution in [1.29, 1.82) is 0 Å². The van der Waals surface area contributed by atoms with Gasteiger partial charge in [0.2, 0.25) is 0 Å². The molecule has 1 aliphatic heterocycles. The molecule has 0 radical (unpaired) electrons. The maximum absolute atomic E-state index is 6.30. The summed E-state index contributed by atoms with van der Waals surface area (Å²) in [7, 11) is 0. The van der Waals surface area contributed by atoms with E-state index in [0.29, 0.717) is 0 Å². The standard InChI is InChI=1S/C21H22N2O/c1-14-8-3-4-9-16(14)23-15(2)20-18(21(23)11-5-6-12-21)19-17(24-20)10-7-13-22-19/h3-4,7-10,13,15H,5-6,11-12H2,1-2H3. The maximum atomic E-state index is 6.30. The lowest BCUT2D eigenvalue weighted by Gasteiger charge is -2.40. The fourth-order valence-electron chi connectivity index (χ4n) is 5.02. The zero-order chi connectivity index (χ0) is 16.3. The SMILES string of the molecule is Cc1ccccc1N1C(C)c2oc3cccnc3c2C12CCCC2. The fraction of sp³-hybridized carbons (Fsp3) is 0.381. The van der Waals surface area contributed by atoms with Crippen LogP contribution >= 0.6 is 0 Å². The van der Waals surface area contributed by atoms with Crippen LogP contribution in [0.1, 0.15) is 55.5 Å². The van der Waals surface area contributed by atoms with Crippen LogP contribution in [0.2, 0.25) is 0 Å². The van der Waals surface area contributed by atoms with Crippen LogP contribution in [-0.2, 0) is 5.54 Å². The lowest BCUT2D eigenvalue weighted by atomic mass is 9.88. The van der Waals surface area contributed by atoms with Gasteiger partial charge in [0.15, 0.2) is 5.58 Å². The van der Waals surface area contributed by atoms with Gasteiger partial charge < -0.3 is 9.32 Å². The van der Waals surface area contributed by atoms with E-state index in [1.54, 1.807) is 0 Å². The third kappa shape index (κ3) is 1.65. The van der Waals surface area contributed by atoms with Crippen molar-refractivity contribution in [2.45, 2.75) is 51.1 Å². The van der Waals surface area contributed by atoms with Crippen molar-refractivity contribution >= 4 is 16.8 Å². The van der Waals surface area contributed by atoms with Gasteiger partial charge in [-0.1, -0.05) is 31.0 Å². The number of para-hydroxylation sites is 1. The van der Waals surface area contributed by atoms with Gasteiger partial charge in [-0.2, -0.15) is 0 Å². The Morgan fingerprint density at radius 1 is 1.12 bits per heavy atom. The average Bonchev–Trinajstić information content (AvgIpc) is 3.26. The zero-order valence-electron chi connectivity index (χ0n) is 14.2. The van der Waals surface area contributed by atoms with Gasteiger partial charge in [-0.05, 0) is 50.5 Å². The molecule has 5 rings (SSSR count). The lowest BCUT2D eigenvalue weighted by molar-refractivity contribution is 0.410. The van der Waals surface area contributed by atoms with E-state index in [9.17, 15) is 0 Å². The van der Waals surface area contributed by atoms with Gasteiger partial charge in [0.1, 0.15) is 11.3 Å². The number of benzene rings is 1. The zero-order valence-corrected chi connectivity index (χ0v) is 14.2. The molecule has 0 bridgehead atoms. The van der Waals surface area contributed by atoms with E-state index in [4.69, 9.17) is 9.40 Å². The number of rotatable bonds is 1. The number of furan rings is 1. The summed E-state index contributed by atoms with van der Waals surface area (Å²) in [5, 5.41) is 0. The molecule has 3 aromatic rings. The highest BCUT2D eigenvalue weighted by Gasteiger charge is 2.54. The topological polar surface area (TPSA) is 29.3 Å². The average molecular weight is 318 g/mol. The van der Waals surface area contributed by atoms with Crippen LogP contribution in [0, 0.1) is 6.92 Å². The molecule has 3 nitrogen and oxygen atoms in total. The quantitative estimate of drug-likeness (QED) is 0.594. The number of hydrogen-bond donors (Lipinski definition) is 0. The van der Waals surface area contributed by atoms with Crippen molar-refractivity contribution in [2.24, 2.45) is 0 Å². The second kappa shape index (κ2) is 4.85. The number of anilines is 1. The fourth-order valence-corrected chi connectivity index (χ4v) is 5.02. The van der Waals surface area contributed by atoms with Gasteiger partial charge in [-0.25, -0.2) is 0 Å². The summed E-state index contributed by atoms with van der Waals surface area (Å²) in [6, 6.07) is 13.0. The van der Waals surface area contributed by atoms with E-state index < -0.39 is 0 Å². The normalized spacial score (nSPS) is 21.8. The Labute approximate surface area is 142 Å². The first-order valence-electron chi connectivity index (χ1n) is 8.95. The van der Waals surface area contributed by atoms with E-state index in [2.05, 4.69) is 43.0 Å². The highest BCUT2D eigenvalue weighted by Crippen LogP contribution is 2.58. The monoisotopic (exact) mass is 318 g/mol. The number of pyridine rings is 1. The summed E-state index contributed by atoms with van der Waals surface area (Å²) in [5.74, 6) is 1.12. The third-order valence-corrected chi connectivity index (χ3v) is 5.97. The minimum atomic E-state index is 0.0421. The smallest absolute Gasteiger partial charge is 0.153 e. The molecule has 1 aromatic carbocycles. The summed E-state index contributed by atoms with van der Waals surface area (Å²) in [4.78, 5) is 7.32. The van der Waals surface area contributed by atoms with E-state index in [-0.39, 0.29) is 11.6 Å². The Bertz CT molecular complexity index is 920. The third-order valence-electron chi connectivity index (χ3n) is 5.97. The van der Waals surface area contributed by atoms with Gasteiger partial charge in [0.25, 0.3) is 0 Å². The van der Waals surface area contributed by atoms with Crippen molar-refractivity contribution in [1.82, 2.24) is 4.98 Å². The Hall–Kier alpha value is -2.29. The molecule has 1 fully saturated rings. The first-order valence-corrected chi connectivity index (χ1v) is 8.95. The molecule has 1 saturated carbocycles. The molecule has 1 unspecified atom stereocenters. The van der Waals surface area contributed by atoms with Crippen LogP contribution < -0.4 is 4.90 Å². The molecule has 1 spiro atoms. The lowest BCUT2D eigenvalue weighted by Crippen LogP contribution is -2.40. The van der Waals surface area contributed by atoms with Crippen LogP contribution in [0.5, 0.6) is 0 Å². The molecule has 1 aliphatic carbocycles. The van der Waals surface area contributed by atoms with Crippen LogP contribution in [0.25, 0.3) is 11.1 Å². The largest absolute Gasteiger partial charge is 0.457 e. The molecule has 0 saturated heterocycles. The number of fused-ring (bicyclic) bond motifs is 4. The highest BCUT2D eigenvalue weighted by atomic mass is 16.3.